The summed E-state index contributed by atoms with van der Waals surface area (Å²) in [6.45, 7) is 0. The third-order valence-electron chi connectivity index (χ3n) is 2.86. The van der Waals surface area contributed by atoms with Gasteiger partial charge < -0.3 is 10.2 Å². The lowest BCUT2D eigenvalue weighted by molar-refractivity contribution is -0.385. The maximum absolute atomic E-state index is 10.8. The van der Waals surface area contributed by atoms with Crippen LogP contribution in [0.1, 0.15) is 0 Å². The van der Waals surface area contributed by atoms with Crippen LogP contribution < -0.4 is 10.9 Å². The predicted octanol–water partition coefficient (Wildman–Crippen LogP) is 1.93. The van der Waals surface area contributed by atoms with Gasteiger partial charge in [-0.15, -0.1) is 0 Å². The molecule has 0 heterocycles. The first-order valence-corrected chi connectivity index (χ1v) is 5.81. The molecule has 0 amide bonds. The SMILES string of the molecule is NN(c1ccc([N+](=O)[O-])cc1O)c1cc([N+](=O)[O-])ccc1O. The molecular formula is C12H10N4O6. The van der Waals surface area contributed by atoms with Gasteiger partial charge in [-0.3, -0.25) is 25.2 Å². The Balaban J connectivity index is 2.48. The largest absolute Gasteiger partial charge is 0.506 e. The standard InChI is InChI=1S/C12H10N4O6/c13-14(9-3-1-8(16(21)22)6-12(9)18)10-5-7(15(19)20)2-4-11(10)17/h1-6,17-18H,13H2. The molecule has 0 fully saturated rings. The Labute approximate surface area is 122 Å². The van der Waals surface area contributed by atoms with Crippen molar-refractivity contribution in [3.8, 4) is 11.5 Å². The first-order valence-electron chi connectivity index (χ1n) is 5.81. The lowest BCUT2D eigenvalue weighted by atomic mass is 10.2. The number of benzene rings is 2. The highest BCUT2D eigenvalue weighted by Crippen LogP contribution is 2.38. The number of non-ortho nitro benzene ring substituents is 2. The number of nitrogens with zero attached hydrogens (tertiary/aromatic N) is 3. The topological polar surface area (TPSA) is 156 Å². The fraction of sp³-hybridized carbons (Fsp3) is 0. The highest BCUT2D eigenvalue weighted by atomic mass is 16.6. The van der Waals surface area contributed by atoms with Crippen LogP contribution in [0.15, 0.2) is 36.4 Å². The van der Waals surface area contributed by atoms with Crippen molar-refractivity contribution in [2.24, 2.45) is 5.84 Å². The molecule has 10 nitrogen and oxygen atoms in total. The van der Waals surface area contributed by atoms with Gasteiger partial charge >= 0.3 is 0 Å². The molecule has 114 valence electrons. The van der Waals surface area contributed by atoms with Gasteiger partial charge in [-0.25, -0.2) is 5.84 Å². The average molecular weight is 306 g/mol. The van der Waals surface area contributed by atoms with Crippen molar-refractivity contribution in [3.63, 3.8) is 0 Å². The van der Waals surface area contributed by atoms with Crippen LogP contribution in [0.4, 0.5) is 22.7 Å². The van der Waals surface area contributed by atoms with Crippen LogP contribution in [0.25, 0.3) is 0 Å². The van der Waals surface area contributed by atoms with Crippen LogP contribution in [-0.4, -0.2) is 20.1 Å². The van der Waals surface area contributed by atoms with Crippen LogP contribution in [0.3, 0.4) is 0 Å². The number of nitro benzene ring substituents is 2. The molecule has 0 aliphatic carbocycles. The highest BCUT2D eigenvalue weighted by molar-refractivity contribution is 5.74. The van der Waals surface area contributed by atoms with Gasteiger partial charge in [-0.1, -0.05) is 0 Å². The third kappa shape index (κ3) is 2.71. The summed E-state index contributed by atoms with van der Waals surface area (Å²) in [4.78, 5) is 20.0. The zero-order valence-corrected chi connectivity index (χ0v) is 10.9. The van der Waals surface area contributed by atoms with Crippen molar-refractivity contribution in [1.29, 1.82) is 0 Å². The van der Waals surface area contributed by atoms with E-state index in [4.69, 9.17) is 5.84 Å². The fourth-order valence-electron chi connectivity index (χ4n) is 1.78. The molecule has 22 heavy (non-hydrogen) atoms. The molecule has 0 aliphatic rings. The van der Waals surface area contributed by atoms with Crippen molar-refractivity contribution < 1.29 is 20.1 Å². The number of hydrogen-bond acceptors (Lipinski definition) is 8. The molecule has 0 unspecified atom stereocenters. The minimum atomic E-state index is -0.699. The van der Waals surface area contributed by atoms with Gasteiger partial charge in [0.15, 0.2) is 0 Å². The number of rotatable bonds is 4. The van der Waals surface area contributed by atoms with E-state index >= 15 is 0 Å². The second kappa shape index (κ2) is 5.54. The predicted molar refractivity (Wildman–Crippen MR) is 75.8 cm³/mol. The number of nitro groups is 2. The second-order valence-corrected chi connectivity index (χ2v) is 4.23. The maximum Gasteiger partial charge on any atom is 0.273 e. The van der Waals surface area contributed by atoms with Crippen molar-refractivity contribution in [2.75, 3.05) is 5.01 Å². The Hall–Kier alpha value is -3.40. The lowest BCUT2D eigenvalue weighted by Gasteiger charge is -2.20. The summed E-state index contributed by atoms with van der Waals surface area (Å²) in [7, 11) is 0. The Morgan fingerprint density at radius 1 is 0.864 bits per heavy atom. The minimum Gasteiger partial charge on any atom is -0.506 e. The van der Waals surface area contributed by atoms with E-state index in [1.165, 1.54) is 0 Å². The van der Waals surface area contributed by atoms with E-state index in [2.05, 4.69) is 0 Å². The minimum absolute atomic E-state index is 0.0682. The molecule has 4 N–H and O–H groups in total. The Morgan fingerprint density at radius 3 is 1.95 bits per heavy atom. The van der Waals surface area contributed by atoms with Crippen molar-refractivity contribution in [1.82, 2.24) is 0 Å². The lowest BCUT2D eigenvalue weighted by Crippen LogP contribution is -2.25. The molecule has 0 bridgehead atoms. The van der Waals surface area contributed by atoms with Gasteiger partial charge in [-0.2, -0.15) is 0 Å². The van der Waals surface area contributed by atoms with Crippen LogP contribution in [0, 0.1) is 20.2 Å². The van der Waals surface area contributed by atoms with Gasteiger partial charge in [0.1, 0.15) is 17.2 Å². The summed E-state index contributed by atoms with van der Waals surface area (Å²) in [6.07, 6.45) is 0. The maximum atomic E-state index is 10.8. The molecule has 0 aliphatic heterocycles. The van der Waals surface area contributed by atoms with E-state index in [1.807, 2.05) is 0 Å². The molecule has 0 saturated heterocycles. The summed E-state index contributed by atoms with van der Waals surface area (Å²) in [5.74, 6) is 4.87. The van der Waals surface area contributed by atoms with E-state index in [-0.39, 0.29) is 28.5 Å². The van der Waals surface area contributed by atoms with E-state index in [9.17, 15) is 30.4 Å². The molecule has 0 atom stereocenters. The van der Waals surface area contributed by atoms with Crippen molar-refractivity contribution in [3.05, 3.63) is 56.6 Å². The smallest absolute Gasteiger partial charge is 0.273 e. The molecule has 2 aromatic carbocycles. The molecule has 0 spiro atoms. The van der Waals surface area contributed by atoms with Crippen molar-refractivity contribution in [2.45, 2.75) is 0 Å². The van der Waals surface area contributed by atoms with Gasteiger partial charge in [0.25, 0.3) is 11.4 Å². The number of phenols is 2. The number of aromatic hydroxyl groups is 2. The summed E-state index contributed by atoms with van der Waals surface area (Å²) in [5, 5.41) is 41.7. The van der Waals surface area contributed by atoms with E-state index in [1.54, 1.807) is 0 Å². The first-order chi connectivity index (χ1) is 10.3. The van der Waals surface area contributed by atoms with E-state index in [0.29, 0.717) is 0 Å². The summed E-state index contributed by atoms with van der Waals surface area (Å²) < 4.78 is 0. The normalized spacial score (nSPS) is 10.2. The molecule has 0 aromatic heterocycles. The van der Waals surface area contributed by atoms with Gasteiger partial charge in [0, 0.05) is 18.2 Å². The average Bonchev–Trinajstić information content (AvgIpc) is 2.46. The number of anilines is 2. The van der Waals surface area contributed by atoms with Gasteiger partial charge in [0.05, 0.1) is 21.6 Å². The van der Waals surface area contributed by atoms with Crippen LogP contribution in [-0.2, 0) is 0 Å². The van der Waals surface area contributed by atoms with Gasteiger partial charge in [0.2, 0.25) is 0 Å². The first kappa shape index (κ1) is 15.0. The van der Waals surface area contributed by atoms with Gasteiger partial charge in [-0.05, 0) is 12.1 Å². The number of nitrogens with two attached hydrogens (primary N) is 1. The number of hydrazine groups is 1. The molecule has 0 saturated carbocycles. The quantitative estimate of drug-likeness (QED) is 0.439. The number of phenolic OH excluding ortho intramolecular Hbond substituents is 2. The zero-order chi connectivity index (χ0) is 16.4. The molecule has 10 heteroatoms. The monoisotopic (exact) mass is 306 g/mol. The third-order valence-corrected chi connectivity index (χ3v) is 2.86. The van der Waals surface area contributed by atoms with Crippen LogP contribution >= 0.6 is 0 Å². The van der Waals surface area contributed by atoms with E-state index < -0.39 is 15.6 Å². The summed E-state index contributed by atoms with van der Waals surface area (Å²) in [6, 6.07) is 6.31. The summed E-state index contributed by atoms with van der Waals surface area (Å²) >= 11 is 0. The Kier molecular flexibility index (Phi) is 3.77. The van der Waals surface area contributed by atoms with E-state index in [0.717, 1.165) is 41.4 Å². The second-order valence-electron chi connectivity index (χ2n) is 4.23. The molecule has 2 aromatic rings. The molecular weight excluding hydrogens is 296 g/mol. The zero-order valence-electron chi connectivity index (χ0n) is 10.9. The fourth-order valence-corrected chi connectivity index (χ4v) is 1.78. The number of hydrogen-bond donors (Lipinski definition) is 3. The Bertz CT molecular complexity index is 763. The summed E-state index contributed by atoms with van der Waals surface area (Å²) in [5.41, 5.74) is -0.873. The van der Waals surface area contributed by atoms with Crippen molar-refractivity contribution >= 4 is 22.7 Å². The Morgan fingerprint density at radius 2 is 1.41 bits per heavy atom. The van der Waals surface area contributed by atoms with Crippen LogP contribution in [0.5, 0.6) is 11.5 Å². The molecule has 0 radical (unpaired) electrons. The van der Waals surface area contributed by atoms with Crippen LogP contribution in [0.2, 0.25) is 0 Å². The highest BCUT2D eigenvalue weighted by Gasteiger charge is 2.19. The molecule has 2 rings (SSSR count).